The summed E-state index contributed by atoms with van der Waals surface area (Å²) in [5.41, 5.74) is 0.326. The first-order valence-electron chi connectivity index (χ1n) is 13.4. The number of hydrogen-bond acceptors (Lipinski definition) is 7. The maximum Gasteiger partial charge on any atom is 0.416 e. The molecule has 0 aliphatic carbocycles. The number of fused-ring (bicyclic) bond motifs is 1. The van der Waals surface area contributed by atoms with Crippen LogP contribution in [0.3, 0.4) is 0 Å². The van der Waals surface area contributed by atoms with E-state index in [1.54, 1.807) is 25.1 Å². The quantitative estimate of drug-likeness (QED) is 0.101. The average molecular weight is 603 g/mol. The zero-order valence-corrected chi connectivity index (χ0v) is 23.5. The molecule has 224 valence electrons. The molecule has 4 aromatic carbocycles. The SMILES string of the molecule is CCOc1cc(C=Nn2c(-c3cccc(C(F)(F)F)c3)nc3ccccc3c2=O)cc([N+](=O)[O-])c1OCc1ccc(C)cc1. The van der Waals surface area contributed by atoms with Crippen molar-refractivity contribution < 1.29 is 27.6 Å². The van der Waals surface area contributed by atoms with Gasteiger partial charge in [0, 0.05) is 17.2 Å². The molecule has 1 aromatic heterocycles. The van der Waals surface area contributed by atoms with Gasteiger partial charge in [-0.15, -0.1) is 0 Å². The number of aromatic nitrogens is 2. The summed E-state index contributed by atoms with van der Waals surface area (Å²) in [7, 11) is 0. The molecular formula is C32H25F3N4O5. The first-order valence-corrected chi connectivity index (χ1v) is 13.4. The van der Waals surface area contributed by atoms with Crippen LogP contribution in [0, 0.1) is 17.0 Å². The molecule has 0 amide bonds. The summed E-state index contributed by atoms with van der Waals surface area (Å²) in [4.78, 5) is 29.4. The van der Waals surface area contributed by atoms with E-state index in [1.165, 1.54) is 36.5 Å². The van der Waals surface area contributed by atoms with Crippen LogP contribution in [0.1, 0.15) is 29.2 Å². The molecule has 5 rings (SSSR count). The van der Waals surface area contributed by atoms with Gasteiger partial charge in [0.2, 0.25) is 5.75 Å². The van der Waals surface area contributed by atoms with E-state index in [4.69, 9.17) is 9.47 Å². The van der Waals surface area contributed by atoms with Gasteiger partial charge in [0.05, 0.1) is 34.2 Å². The first-order chi connectivity index (χ1) is 21.0. The number of nitro benzene ring substituents is 1. The van der Waals surface area contributed by atoms with Gasteiger partial charge in [-0.1, -0.05) is 54.1 Å². The normalized spacial score (nSPS) is 11.7. The standard InChI is InChI=1S/C32H25F3N4O5/c1-3-43-28-16-22(15-27(39(41)42)29(28)44-19-21-13-11-20(2)12-14-21)18-36-38-30(23-7-6-8-24(17-23)32(33,34)35)37-26-10-5-4-9-25(26)31(38)40/h4-18H,3,19H2,1-2H3. The topological polar surface area (TPSA) is 109 Å². The molecule has 1 heterocycles. The molecule has 0 unspecified atom stereocenters. The number of alkyl halides is 3. The van der Waals surface area contributed by atoms with Crippen LogP contribution in [0.15, 0.2) is 94.8 Å². The lowest BCUT2D eigenvalue weighted by Crippen LogP contribution is -2.20. The van der Waals surface area contributed by atoms with Crippen LogP contribution in [-0.4, -0.2) is 27.4 Å². The summed E-state index contributed by atoms with van der Waals surface area (Å²) < 4.78 is 52.9. The molecule has 0 N–H and O–H groups in total. The van der Waals surface area contributed by atoms with Crippen LogP contribution in [-0.2, 0) is 12.8 Å². The fourth-order valence-corrected chi connectivity index (χ4v) is 4.44. The molecule has 44 heavy (non-hydrogen) atoms. The minimum absolute atomic E-state index is 0.000618. The summed E-state index contributed by atoms with van der Waals surface area (Å²) >= 11 is 0. The zero-order valence-electron chi connectivity index (χ0n) is 23.5. The number of halogens is 3. The molecule has 5 aromatic rings. The van der Waals surface area contributed by atoms with E-state index in [2.05, 4.69) is 10.1 Å². The number of benzene rings is 4. The van der Waals surface area contributed by atoms with Crippen molar-refractivity contribution in [1.29, 1.82) is 0 Å². The van der Waals surface area contributed by atoms with Crippen LogP contribution < -0.4 is 15.0 Å². The van der Waals surface area contributed by atoms with Crippen LogP contribution in [0.4, 0.5) is 18.9 Å². The van der Waals surface area contributed by atoms with Crippen LogP contribution >= 0.6 is 0 Å². The summed E-state index contributed by atoms with van der Waals surface area (Å²) in [6, 6.07) is 20.9. The highest BCUT2D eigenvalue weighted by Crippen LogP contribution is 2.39. The van der Waals surface area contributed by atoms with Crippen molar-refractivity contribution in [3.8, 4) is 22.9 Å². The van der Waals surface area contributed by atoms with Crippen LogP contribution in [0.2, 0.25) is 0 Å². The van der Waals surface area contributed by atoms with E-state index in [-0.39, 0.29) is 52.6 Å². The van der Waals surface area contributed by atoms with Crippen LogP contribution in [0.5, 0.6) is 11.5 Å². The van der Waals surface area contributed by atoms with Crippen molar-refractivity contribution in [2.45, 2.75) is 26.6 Å². The fourth-order valence-electron chi connectivity index (χ4n) is 4.44. The van der Waals surface area contributed by atoms with E-state index in [1.807, 2.05) is 31.2 Å². The van der Waals surface area contributed by atoms with Gasteiger partial charge < -0.3 is 9.47 Å². The van der Waals surface area contributed by atoms with Gasteiger partial charge in [0.15, 0.2) is 11.6 Å². The van der Waals surface area contributed by atoms with E-state index in [0.717, 1.165) is 27.9 Å². The van der Waals surface area contributed by atoms with Crippen molar-refractivity contribution in [1.82, 2.24) is 9.66 Å². The van der Waals surface area contributed by atoms with Gasteiger partial charge in [-0.25, -0.2) is 4.98 Å². The largest absolute Gasteiger partial charge is 0.490 e. The monoisotopic (exact) mass is 602 g/mol. The number of ether oxygens (including phenoxy) is 2. The molecule has 12 heteroatoms. The van der Waals surface area contributed by atoms with Crippen LogP contribution in [0.25, 0.3) is 22.3 Å². The van der Waals surface area contributed by atoms with Crippen molar-refractivity contribution in [2.24, 2.45) is 5.10 Å². The molecule has 0 aliphatic heterocycles. The third kappa shape index (κ3) is 6.43. The van der Waals surface area contributed by atoms with Gasteiger partial charge in [-0.3, -0.25) is 14.9 Å². The lowest BCUT2D eigenvalue weighted by Gasteiger charge is -2.14. The second-order valence-electron chi connectivity index (χ2n) is 9.72. The van der Waals surface area contributed by atoms with E-state index in [9.17, 15) is 28.1 Å². The van der Waals surface area contributed by atoms with Crippen molar-refractivity contribution in [2.75, 3.05) is 6.61 Å². The second kappa shape index (κ2) is 12.4. The lowest BCUT2D eigenvalue weighted by atomic mass is 10.1. The Labute approximate surface area is 249 Å². The summed E-state index contributed by atoms with van der Waals surface area (Å²) in [5.74, 6) is -0.144. The molecule has 0 saturated carbocycles. The minimum atomic E-state index is -4.63. The van der Waals surface area contributed by atoms with E-state index < -0.39 is 27.9 Å². The predicted octanol–water partition coefficient (Wildman–Crippen LogP) is 7.16. The molecule has 0 saturated heterocycles. The van der Waals surface area contributed by atoms with Crippen molar-refractivity contribution in [3.05, 3.63) is 128 Å². The Morgan fingerprint density at radius 1 is 1.00 bits per heavy atom. The van der Waals surface area contributed by atoms with Gasteiger partial charge >= 0.3 is 11.9 Å². The Morgan fingerprint density at radius 2 is 1.75 bits per heavy atom. The number of rotatable bonds is 9. The molecular weight excluding hydrogens is 577 g/mol. The zero-order chi connectivity index (χ0) is 31.4. The third-order valence-electron chi connectivity index (χ3n) is 6.58. The Balaban J connectivity index is 1.61. The second-order valence-corrected chi connectivity index (χ2v) is 9.72. The maximum atomic E-state index is 13.5. The van der Waals surface area contributed by atoms with E-state index in [0.29, 0.717) is 0 Å². The molecule has 0 bridgehead atoms. The number of para-hydroxylation sites is 1. The number of nitrogens with zero attached hydrogens (tertiary/aromatic N) is 4. The van der Waals surface area contributed by atoms with Crippen molar-refractivity contribution in [3.63, 3.8) is 0 Å². The Hall–Kier alpha value is -5.52. The highest BCUT2D eigenvalue weighted by atomic mass is 19.4. The summed E-state index contributed by atoms with van der Waals surface area (Å²) in [5, 5.41) is 16.5. The van der Waals surface area contributed by atoms with Gasteiger partial charge in [0.25, 0.3) is 5.56 Å². The summed E-state index contributed by atoms with van der Waals surface area (Å²) in [6.07, 6.45) is -3.45. The Kier molecular flexibility index (Phi) is 8.43. The van der Waals surface area contributed by atoms with Gasteiger partial charge in [-0.2, -0.15) is 22.9 Å². The fraction of sp³-hybridized carbons (Fsp3) is 0.156. The molecule has 0 aliphatic rings. The lowest BCUT2D eigenvalue weighted by molar-refractivity contribution is -0.386. The highest BCUT2D eigenvalue weighted by Gasteiger charge is 2.31. The molecule has 9 nitrogen and oxygen atoms in total. The maximum absolute atomic E-state index is 13.5. The predicted molar refractivity (Wildman–Crippen MR) is 159 cm³/mol. The minimum Gasteiger partial charge on any atom is -0.490 e. The Bertz CT molecular complexity index is 1940. The average Bonchev–Trinajstić information content (AvgIpc) is 3.00. The molecule has 0 atom stereocenters. The number of aryl methyl sites for hydroxylation is 1. The first kappa shape index (κ1) is 30.0. The Morgan fingerprint density at radius 3 is 2.45 bits per heavy atom. The molecule has 0 spiro atoms. The van der Waals surface area contributed by atoms with Crippen molar-refractivity contribution >= 4 is 22.8 Å². The third-order valence-corrected chi connectivity index (χ3v) is 6.58. The smallest absolute Gasteiger partial charge is 0.416 e. The molecule has 0 radical (unpaired) electrons. The van der Waals surface area contributed by atoms with E-state index >= 15 is 0 Å². The highest BCUT2D eigenvalue weighted by molar-refractivity contribution is 5.84. The summed E-state index contributed by atoms with van der Waals surface area (Å²) in [6.45, 7) is 3.87. The van der Waals surface area contributed by atoms with Gasteiger partial charge in [0.1, 0.15) is 6.61 Å². The van der Waals surface area contributed by atoms with Gasteiger partial charge in [-0.05, 0) is 49.7 Å². The number of hydrogen-bond donors (Lipinski definition) is 0. The number of nitro groups is 1. The molecule has 0 fully saturated rings.